The summed E-state index contributed by atoms with van der Waals surface area (Å²) < 4.78 is 53.3. The summed E-state index contributed by atoms with van der Waals surface area (Å²) in [6.45, 7) is 13.3. The number of carbonyl (C=O) groups excluding carboxylic acids is 2. The summed E-state index contributed by atoms with van der Waals surface area (Å²) in [5.74, 6) is -3.57. The largest absolute Gasteiger partial charge is 0.417 e. The highest BCUT2D eigenvalue weighted by Crippen LogP contribution is 2.62. The van der Waals surface area contributed by atoms with Gasteiger partial charge in [-0.1, -0.05) is 20.8 Å². The fraction of sp³-hybridized carbons (Fsp3) is 0.625. The lowest BCUT2D eigenvalue weighted by atomic mass is 9.66. The summed E-state index contributed by atoms with van der Waals surface area (Å²) in [6.07, 6.45) is -6.95. The molecule has 3 saturated heterocycles. The van der Waals surface area contributed by atoms with E-state index in [9.17, 15) is 27.9 Å². The van der Waals surface area contributed by atoms with Gasteiger partial charge in [-0.2, -0.15) is 18.4 Å². The van der Waals surface area contributed by atoms with Crippen LogP contribution in [0.1, 0.15) is 45.7 Å². The van der Waals surface area contributed by atoms with Crippen molar-refractivity contribution < 1.29 is 37.0 Å². The molecule has 0 saturated carbocycles. The number of amides is 2. The van der Waals surface area contributed by atoms with E-state index < -0.39 is 72.7 Å². The van der Waals surface area contributed by atoms with Crippen molar-refractivity contribution in [3.8, 4) is 6.07 Å². The smallest absolute Gasteiger partial charge is 0.408 e. The number of aliphatic hydroxyl groups excluding tert-OH is 1. The number of carbonyl (C=O) groups is 2. The van der Waals surface area contributed by atoms with Crippen molar-refractivity contribution in [3.63, 3.8) is 0 Å². The van der Waals surface area contributed by atoms with E-state index in [2.05, 4.69) is 0 Å². The van der Waals surface area contributed by atoms with E-state index in [0.717, 1.165) is 17.0 Å². The number of rotatable bonds is 3. The second-order valence-corrected chi connectivity index (χ2v) is 16.3. The van der Waals surface area contributed by atoms with Crippen molar-refractivity contribution in [2.75, 3.05) is 4.90 Å². The zero-order valence-corrected chi connectivity index (χ0v) is 21.6. The van der Waals surface area contributed by atoms with Crippen LogP contribution in [-0.2, 0) is 24.9 Å². The van der Waals surface area contributed by atoms with Gasteiger partial charge in [0, 0.05) is 0 Å². The number of imide groups is 1. The molecule has 0 aromatic heterocycles. The molecule has 1 aromatic carbocycles. The van der Waals surface area contributed by atoms with E-state index in [0.29, 0.717) is 6.07 Å². The van der Waals surface area contributed by atoms with Gasteiger partial charge in [0.25, 0.3) is 0 Å². The molecule has 6 atom stereocenters. The summed E-state index contributed by atoms with van der Waals surface area (Å²) in [5.41, 5.74) is -4.92. The van der Waals surface area contributed by atoms with Crippen molar-refractivity contribution in [3.05, 3.63) is 29.3 Å². The van der Waals surface area contributed by atoms with Crippen LogP contribution < -0.4 is 4.90 Å². The zero-order valence-electron chi connectivity index (χ0n) is 20.6. The fourth-order valence-corrected chi connectivity index (χ4v) is 6.80. The van der Waals surface area contributed by atoms with Gasteiger partial charge in [-0.05, 0) is 50.2 Å². The Bertz CT molecular complexity index is 1160. The second kappa shape index (κ2) is 7.38. The van der Waals surface area contributed by atoms with Crippen LogP contribution in [-0.4, -0.2) is 48.6 Å². The molecule has 2 amide bonds. The Morgan fingerprint density at radius 1 is 1.11 bits per heavy atom. The summed E-state index contributed by atoms with van der Waals surface area (Å²) in [4.78, 5) is 27.8. The quantitative estimate of drug-likeness (QED) is 0.488. The van der Waals surface area contributed by atoms with Gasteiger partial charge < -0.3 is 14.3 Å². The molecule has 3 aliphatic rings. The number of nitriles is 1. The number of anilines is 1. The summed E-state index contributed by atoms with van der Waals surface area (Å²) in [7, 11) is -2.44. The van der Waals surface area contributed by atoms with Gasteiger partial charge in [-0.15, -0.1) is 0 Å². The van der Waals surface area contributed by atoms with Crippen LogP contribution in [0.5, 0.6) is 0 Å². The Balaban J connectivity index is 1.77. The highest BCUT2D eigenvalue weighted by atomic mass is 28.4. The van der Waals surface area contributed by atoms with Crippen LogP contribution in [0.2, 0.25) is 18.1 Å². The predicted octanol–water partition coefficient (Wildman–Crippen LogP) is 4.00. The van der Waals surface area contributed by atoms with E-state index in [-0.39, 0.29) is 10.7 Å². The molecular formula is C24H29F3N2O5Si. The molecule has 35 heavy (non-hydrogen) atoms. The molecule has 7 nitrogen and oxygen atoms in total. The van der Waals surface area contributed by atoms with E-state index in [1.54, 1.807) is 13.8 Å². The van der Waals surface area contributed by atoms with Crippen LogP contribution in [0, 0.1) is 23.2 Å². The predicted molar refractivity (Wildman–Crippen MR) is 122 cm³/mol. The second-order valence-electron chi connectivity index (χ2n) is 11.5. The van der Waals surface area contributed by atoms with Crippen molar-refractivity contribution in [1.29, 1.82) is 5.26 Å². The first-order valence-electron chi connectivity index (χ1n) is 11.4. The molecule has 0 spiro atoms. The Kier molecular flexibility index (Phi) is 5.44. The molecule has 1 aromatic rings. The third-order valence-electron chi connectivity index (χ3n) is 8.34. The number of halogens is 3. The molecule has 190 valence electrons. The minimum Gasteiger partial charge on any atom is -0.408 e. The molecule has 11 heteroatoms. The minimum atomic E-state index is -4.85. The minimum absolute atomic E-state index is 0.205. The maximum atomic E-state index is 13.6. The number of aliphatic hydroxyl groups is 1. The Hall–Kier alpha value is -2.26. The normalized spacial score (nSPS) is 35.0. The summed E-state index contributed by atoms with van der Waals surface area (Å²) in [5, 5.41) is 20.1. The summed E-state index contributed by atoms with van der Waals surface area (Å²) in [6, 6.07) is 4.23. The van der Waals surface area contributed by atoms with Crippen LogP contribution in [0.25, 0.3) is 0 Å². The maximum absolute atomic E-state index is 13.6. The first-order chi connectivity index (χ1) is 15.8. The van der Waals surface area contributed by atoms with E-state index in [1.165, 1.54) is 6.07 Å². The van der Waals surface area contributed by atoms with Gasteiger partial charge in [-0.25, -0.2) is 4.90 Å². The third kappa shape index (κ3) is 3.41. The number of nitrogens with zero attached hydrogens (tertiary/aromatic N) is 2. The van der Waals surface area contributed by atoms with Gasteiger partial charge in [0.05, 0.1) is 34.7 Å². The third-order valence-corrected chi connectivity index (χ3v) is 12.8. The van der Waals surface area contributed by atoms with Crippen molar-refractivity contribution in [2.45, 2.75) is 82.3 Å². The van der Waals surface area contributed by atoms with Crippen LogP contribution in [0.4, 0.5) is 18.9 Å². The first-order valence-corrected chi connectivity index (χ1v) is 14.3. The van der Waals surface area contributed by atoms with E-state index >= 15 is 0 Å². The number of ether oxygens (including phenoxy) is 1. The van der Waals surface area contributed by atoms with Gasteiger partial charge in [0.15, 0.2) is 8.32 Å². The maximum Gasteiger partial charge on any atom is 0.417 e. The van der Waals surface area contributed by atoms with E-state index in [4.69, 9.17) is 14.4 Å². The lowest BCUT2D eigenvalue weighted by molar-refractivity contribution is -0.138. The highest BCUT2D eigenvalue weighted by molar-refractivity contribution is 6.74. The van der Waals surface area contributed by atoms with Crippen LogP contribution in [0.3, 0.4) is 0 Å². The zero-order chi connectivity index (χ0) is 26.5. The number of hydrogen-bond donors (Lipinski definition) is 1. The molecule has 0 aliphatic carbocycles. The van der Waals surface area contributed by atoms with Gasteiger partial charge in [-0.3, -0.25) is 9.59 Å². The molecule has 1 N–H and O–H groups in total. The van der Waals surface area contributed by atoms with Gasteiger partial charge in [0.1, 0.15) is 23.4 Å². The Morgan fingerprint density at radius 3 is 2.14 bits per heavy atom. The fourth-order valence-electron chi connectivity index (χ4n) is 5.45. The molecule has 3 aliphatic heterocycles. The van der Waals surface area contributed by atoms with Crippen molar-refractivity contribution >= 4 is 25.8 Å². The number of fused-ring (bicyclic) bond motifs is 5. The lowest BCUT2D eigenvalue weighted by Crippen LogP contribution is -2.61. The molecule has 3 heterocycles. The summed E-state index contributed by atoms with van der Waals surface area (Å²) >= 11 is 0. The Labute approximate surface area is 202 Å². The molecular weight excluding hydrogens is 481 g/mol. The standard InChI is InChI=1S/C24H29F3N2O5Si/c1-21(2,3)35(6,7)33-18-17(30)22(4)15-16(23(18,5)34-22)20(32)29(19(15)31)13-9-8-12(11-28)14(10-13)24(25,26)27/h8-10,15-18,30H,1-7H3/t15-,16+,17-,18-,22+,23-/m1/s1. The first kappa shape index (κ1) is 25.8. The van der Waals surface area contributed by atoms with Crippen LogP contribution in [0.15, 0.2) is 18.2 Å². The lowest BCUT2D eigenvalue weighted by Gasteiger charge is -2.45. The molecule has 3 fully saturated rings. The topological polar surface area (TPSA) is 99.9 Å². The van der Waals surface area contributed by atoms with Gasteiger partial charge in [0.2, 0.25) is 11.8 Å². The van der Waals surface area contributed by atoms with E-state index in [1.807, 2.05) is 33.9 Å². The molecule has 0 radical (unpaired) electrons. The SMILES string of the molecule is CC(C)(C)[Si](C)(C)O[C@@H]1[C@@H](O)[C@@]2(C)O[C@]1(C)[C@@H]1C(=O)N(c3ccc(C#N)c(C(F)(F)F)c3)C(=O)[C@@H]12. The number of alkyl halides is 3. The molecule has 0 unspecified atom stereocenters. The molecule has 4 rings (SSSR count). The molecule has 2 bridgehead atoms. The highest BCUT2D eigenvalue weighted by Gasteiger charge is 2.80. The Morgan fingerprint density at radius 2 is 1.66 bits per heavy atom. The van der Waals surface area contributed by atoms with Gasteiger partial charge >= 0.3 is 6.18 Å². The monoisotopic (exact) mass is 510 g/mol. The van der Waals surface area contributed by atoms with Crippen molar-refractivity contribution in [2.24, 2.45) is 11.8 Å². The number of benzene rings is 1. The van der Waals surface area contributed by atoms with Crippen molar-refractivity contribution in [1.82, 2.24) is 0 Å². The average molecular weight is 511 g/mol. The number of hydrogen-bond acceptors (Lipinski definition) is 6. The van der Waals surface area contributed by atoms with Crippen LogP contribution >= 0.6 is 0 Å². The average Bonchev–Trinajstić information content (AvgIpc) is 3.21.